The molecule has 0 spiro atoms. The van der Waals surface area contributed by atoms with Crippen LogP contribution < -0.4 is 4.72 Å². The van der Waals surface area contributed by atoms with Crippen LogP contribution in [0, 0.1) is 5.82 Å². The van der Waals surface area contributed by atoms with Gasteiger partial charge in [-0.05, 0) is 44.9 Å². The molecule has 0 bridgehead atoms. The van der Waals surface area contributed by atoms with E-state index in [4.69, 9.17) is 0 Å². The molecular weight excluding hydrogens is 319 g/mol. The molecule has 0 atom stereocenters. The van der Waals surface area contributed by atoms with Gasteiger partial charge in [-0.25, -0.2) is 17.5 Å². The highest BCUT2D eigenvalue weighted by Gasteiger charge is 2.30. The van der Waals surface area contributed by atoms with Crippen molar-refractivity contribution in [2.24, 2.45) is 0 Å². The number of hydrogen-bond acceptors (Lipinski definition) is 3. The van der Waals surface area contributed by atoms with Gasteiger partial charge in [-0.15, -0.1) is 0 Å². The van der Waals surface area contributed by atoms with Crippen LogP contribution >= 0.6 is 0 Å². The lowest BCUT2D eigenvalue weighted by molar-refractivity contribution is 0.0778. The Kier molecular flexibility index (Phi) is 5.21. The summed E-state index contributed by atoms with van der Waals surface area (Å²) in [6.07, 6.45) is 1.50. The highest BCUT2D eigenvalue weighted by molar-refractivity contribution is 7.89. The minimum atomic E-state index is -3.95. The summed E-state index contributed by atoms with van der Waals surface area (Å²) in [5.74, 6) is -1.21. The Labute approximate surface area is 136 Å². The van der Waals surface area contributed by atoms with Crippen LogP contribution in [0.15, 0.2) is 35.2 Å². The third-order valence-corrected chi connectivity index (χ3v) is 5.03. The lowest BCUT2D eigenvalue weighted by Gasteiger charge is -2.21. The molecule has 1 aliphatic carbocycles. The molecule has 1 N–H and O–H groups in total. The molecule has 0 heterocycles. The molecule has 1 amide bonds. The molecule has 2 rings (SSSR count). The Morgan fingerprint density at radius 2 is 2.09 bits per heavy atom. The fraction of sp³-hybridized carbons (Fsp3) is 0.438. The predicted octanol–water partition coefficient (Wildman–Crippen LogP) is 2.30. The third kappa shape index (κ3) is 4.39. The second-order valence-corrected chi connectivity index (χ2v) is 7.50. The second kappa shape index (κ2) is 6.80. The Balaban J connectivity index is 2.32. The molecule has 0 unspecified atom stereocenters. The lowest BCUT2D eigenvalue weighted by atomic mass is 10.2. The number of sulfonamides is 1. The standard InChI is InChI=1S/C16H21FN2O3S/c1-4-19(10-11(2)3)16(20)12-5-8-14(17)15(9-12)23(21,22)18-13-6-7-13/h5,8-9,13,18H,2,4,6-7,10H2,1,3H3. The minimum absolute atomic E-state index is 0.130. The van der Waals surface area contributed by atoms with Gasteiger partial charge in [-0.2, -0.15) is 0 Å². The maximum atomic E-state index is 13.9. The number of carbonyl (C=O) groups excluding carboxylic acids is 1. The highest BCUT2D eigenvalue weighted by atomic mass is 32.2. The largest absolute Gasteiger partial charge is 0.335 e. The maximum absolute atomic E-state index is 13.9. The number of halogens is 1. The average Bonchev–Trinajstić information content (AvgIpc) is 3.27. The van der Waals surface area contributed by atoms with Gasteiger partial charge in [0.1, 0.15) is 10.7 Å². The molecule has 23 heavy (non-hydrogen) atoms. The van der Waals surface area contributed by atoms with E-state index in [2.05, 4.69) is 11.3 Å². The van der Waals surface area contributed by atoms with Crippen LogP contribution in [0.3, 0.4) is 0 Å². The molecule has 1 aliphatic rings. The minimum Gasteiger partial charge on any atom is -0.335 e. The molecule has 5 nitrogen and oxygen atoms in total. The average molecular weight is 340 g/mol. The molecule has 1 saturated carbocycles. The van der Waals surface area contributed by atoms with Crippen LogP contribution in [0.25, 0.3) is 0 Å². The van der Waals surface area contributed by atoms with E-state index < -0.39 is 20.7 Å². The van der Waals surface area contributed by atoms with Gasteiger partial charge in [0.25, 0.3) is 5.91 Å². The van der Waals surface area contributed by atoms with Crippen molar-refractivity contribution in [3.63, 3.8) is 0 Å². The molecule has 0 saturated heterocycles. The van der Waals surface area contributed by atoms with E-state index in [1.807, 2.05) is 6.92 Å². The molecule has 0 aliphatic heterocycles. The van der Waals surface area contributed by atoms with Crippen molar-refractivity contribution in [3.8, 4) is 0 Å². The zero-order valence-electron chi connectivity index (χ0n) is 13.3. The number of benzene rings is 1. The fourth-order valence-corrected chi connectivity index (χ4v) is 3.57. The highest BCUT2D eigenvalue weighted by Crippen LogP contribution is 2.24. The quantitative estimate of drug-likeness (QED) is 0.775. The molecule has 7 heteroatoms. The number of likely N-dealkylation sites (N-methyl/N-ethyl adjacent to an activating group) is 1. The van der Waals surface area contributed by atoms with Gasteiger partial charge in [0.05, 0.1) is 0 Å². The number of carbonyl (C=O) groups is 1. The van der Waals surface area contributed by atoms with Crippen molar-refractivity contribution in [2.45, 2.75) is 37.6 Å². The maximum Gasteiger partial charge on any atom is 0.254 e. The van der Waals surface area contributed by atoms with E-state index in [0.717, 1.165) is 30.5 Å². The second-order valence-electron chi connectivity index (χ2n) is 5.82. The van der Waals surface area contributed by atoms with E-state index in [-0.39, 0.29) is 17.5 Å². The van der Waals surface area contributed by atoms with Crippen LogP contribution in [0.5, 0.6) is 0 Å². The molecule has 1 aromatic rings. The summed E-state index contributed by atoms with van der Waals surface area (Å²) >= 11 is 0. The molecule has 0 aromatic heterocycles. The number of nitrogens with zero attached hydrogens (tertiary/aromatic N) is 1. The Bertz CT molecular complexity index is 727. The first kappa shape index (κ1) is 17.6. The number of nitrogens with one attached hydrogen (secondary N) is 1. The summed E-state index contributed by atoms with van der Waals surface area (Å²) in [5, 5.41) is 0. The SMILES string of the molecule is C=C(C)CN(CC)C(=O)c1ccc(F)c(S(=O)(=O)NC2CC2)c1. The topological polar surface area (TPSA) is 66.5 Å². The van der Waals surface area contributed by atoms with Gasteiger partial charge in [-0.3, -0.25) is 4.79 Å². The summed E-state index contributed by atoms with van der Waals surface area (Å²) in [4.78, 5) is 13.5. The van der Waals surface area contributed by atoms with Crippen molar-refractivity contribution < 1.29 is 17.6 Å². The van der Waals surface area contributed by atoms with Gasteiger partial charge in [-0.1, -0.05) is 12.2 Å². The molecule has 1 fully saturated rings. The molecule has 1 aromatic carbocycles. The van der Waals surface area contributed by atoms with Crippen molar-refractivity contribution >= 4 is 15.9 Å². The summed E-state index contributed by atoms with van der Waals surface area (Å²) in [6.45, 7) is 8.21. The van der Waals surface area contributed by atoms with Crippen LogP contribution in [-0.4, -0.2) is 38.4 Å². The Morgan fingerprint density at radius 3 is 2.61 bits per heavy atom. The van der Waals surface area contributed by atoms with Crippen molar-refractivity contribution in [1.29, 1.82) is 0 Å². The molecular formula is C16H21FN2O3S. The first-order valence-electron chi connectivity index (χ1n) is 7.50. The van der Waals surface area contributed by atoms with Crippen LogP contribution in [0.2, 0.25) is 0 Å². The van der Waals surface area contributed by atoms with E-state index in [1.165, 1.54) is 11.0 Å². The summed E-state index contributed by atoms with van der Waals surface area (Å²) in [7, 11) is -3.95. The smallest absolute Gasteiger partial charge is 0.254 e. The third-order valence-electron chi connectivity index (χ3n) is 3.50. The zero-order chi connectivity index (χ0) is 17.2. The van der Waals surface area contributed by atoms with Gasteiger partial charge >= 0.3 is 0 Å². The molecule has 126 valence electrons. The van der Waals surface area contributed by atoms with E-state index in [0.29, 0.717) is 13.1 Å². The monoisotopic (exact) mass is 340 g/mol. The van der Waals surface area contributed by atoms with Crippen LogP contribution in [-0.2, 0) is 10.0 Å². The van der Waals surface area contributed by atoms with Crippen molar-refractivity contribution in [2.75, 3.05) is 13.1 Å². The summed E-state index contributed by atoms with van der Waals surface area (Å²) in [5.41, 5.74) is 0.955. The first-order chi connectivity index (χ1) is 10.7. The fourth-order valence-electron chi connectivity index (χ4n) is 2.16. The van der Waals surface area contributed by atoms with Crippen molar-refractivity contribution in [1.82, 2.24) is 9.62 Å². The van der Waals surface area contributed by atoms with Gasteiger partial charge in [0.15, 0.2) is 0 Å². The van der Waals surface area contributed by atoms with Gasteiger partial charge in [0.2, 0.25) is 10.0 Å². The normalized spacial score (nSPS) is 14.6. The summed E-state index contributed by atoms with van der Waals surface area (Å²) in [6, 6.07) is 3.29. The van der Waals surface area contributed by atoms with E-state index in [1.54, 1.807) is 6.92 Å². The van der Waals surface area contributed by atoms with Crippen LogP contribution in [0.1, 0.15) is 37.0 Å². The predicted molar refractivity (Wildman–Crippen MR) is 86.1 cm³/mol. The van der Waals surface area contributed by atoms with Gasteiger partial charge < -0.3 is 4.90 Å². The lowest BCUT2D eigenvalue weighted by Crippen LogP contribution is -2.32. The Hall–Kier alpha value is -1.73. The van der Waals surface area contributed by atoms with E-state index in [9.17, 15) is 17.6 Å². The number of rotatable bonds is 7. The van der Waals surface area contributed by atoms with Crippen molar-refractivity contribution in [3.05, 3.63) is 41.7 Å². The number of amides is 1. The molecule has 0 radical (unpaired) electrons. The Morgan fingerprint density at radius 1 is 1.43 bits per heavy atom. The number of hydrogen-bond donors (Lipinski definition) is 1. The van der Waals surface area contributed by atoms with Gasteiger partial charge in [0, 0.05) is 24.7 Å². The first-order valence-corrected chi connectivity index (χ1v) is 8.98. The van der Waals surface area contributed by atoms with Crippen LogP contribution in [0.4, 0.5) is 4.39 Å². The summed E-state index contributed by atoms with van der Waals surface area (Å²) < 4.78 is 40.8. The zero-order valence-corrected chi connectivity index (χ0v) is 14.1. The van der Waals surface area contributed by atoms with E-state index >= 15 is 0 Å².